The number of amides is 1. The monoisotopic (exact) mass is 447 g/mol. The van der Waals surface area contributed by atoms with Crippen molar-refractivity contribution in [2.24, 2.45) is 5.92 Å². The number of carbonyl (C=O) groups excluding carboxylic acids is 1. The number of nitrogens with zero attached hydrogens (tertiary/aromatic N) is 2. The molecular weight excluding hydrogens is 417 g/mol. The van der Waals surface area contributed by atoms with Gasteiger partial charge in [0, 0.05) is 19.6 Å². The molecule has 0 spiro atoms. The number of halogens is 1. The van der Waals surface area contributed by atoms with Gasteiger partial charge in [-0.05, 0) is 48.7 Å². The van der Waals surface area contributed by atoms with Crippen LogP contribution in [0.4, 0.5) is 4.39 Å². The lowest BCUT2D eigenvalue weighted by Gasteiger charge is -2.25. The minimum Gasteiger partial charge on any atom is -0.348 e. The van der Waals surface area contributed by atoms with Crippen LogP contribution in [-0.4, -0.2) is 56.3 Å². The minimum atomic E-state index is -3.68. The molecule has 1 amide bonds. The summed E-state index contributed by atoms with van der Waals surface area (Å²) in [5, 5.41) is 3.13. The van der Waals surface area contributed by atoms with Gasteiger partial charge in [-0.25, -0.2) is 12.8 Å². The molecule has 0 saturated carbocycles. The molecule has 0 unspecified atom stereocenters. The third kappa shape index (κ3) is 6.12. The summed E-state index contributed by atoms with van der Waals surface area (Å²) in [6.45, 7) is 6.13. The summed E-state index contributed by atoms with van der Waals surface area (Å²) in [5.74, 6) is -0.300. The summed E-state index contributed by atoms with van der Waals surface area (Å²) in [5.41, 5.74) is 1.07. The lowest BCUT2D eigenvalue weighted by molar-refractivity contribution is -0.123. The average Bonchev–Trinajstić information content (AvgIpc) is 2.99. The van der Waals surface area contributed by atoms with Crippen LogP contribution in [0, 0.1) is 11.7 Å². The highest BCUT2D eigenvalue weighted by molar-refractivity contribution is 7.89. The maximum absolute atomic E-state index is 13.2. The van der Waals surface area contributed by atoms with Crippen LogP contribution >= 0.6 is 0 Å². The fourth-order valence-corrected chi connectivity index (χ4v) is 5.29. The molecule has 1 heterocycles. The Bertz CT molecular complexity index is 965. The topological polar surface area (TPSA) is 69.7 Å². The van der Waals surface area contributed by atoms with Gasteiger partial charge in [-0.1, -0.05) is 44.2 Å². The first kappa shape index (κ1) is 23.4. The molecule has 0 aromatic heterocycles. The molecule has 31 heavy (non-hydrogen) atoms. The Balaban J connectivity index is 1.59. The maximum atomic E-state index is 13.2. The highest BCUT2D eigenvalue weighted by Gasteiger charge is 2.28. The summed E-state index contributed by atoms with van der Waals surface area (Å²) in [6.07, 6.45) is 0.625. The molecule has 2 aromatic carbocycles. The van der Waals surface area contributed by atoms with E-state index in [-0.39, 0.29) is 29.3 Å². The Morgan fingerprint density at radius 1 is 1.00 bits per heavy atom. The highest BCUT2D eigenvalue weighted by atomic mass is 32.2. The zero-order valence-electron chi connectivity index (χ0n) is 18.0. The normalized spacial score (nSPS) is 17.3. The van der Waals surface area contributed by atoms with Crippen molar-refractivity contribution in [3.63, 3.8) is 0 Å². The van der Waals surface area contributed by atoms with E-state index in [0.29, 0.717) is 32.6 Å². The molecule has 6 nitrogen and oxygen atoms in total. The van der Waals surface area contributed by atoms with Crippen LogP contribution < -0.4 is 5.32 Å². The van der Waals surface area contributed by atoms with E-state index in [4.69, 9.17) is 0 Å². The summed E-state index contributed by atoms with van der Waals surface area (Å²) in [6, 6.07) is 14.7. The van der Waals surface area contributed by atoms with E-state index >= 15 is 0 Å². The lowest BCUT2D eigenvalue weighted by Crippen LogP contribution is -2.42. The summed E-state index contributed by atoms with van der Waals surface area (Å²) in [7, 11) is -3.68. The van der Waals surface area contributed by atoms with E-state index in [0.717, 1.165) is 17.7 Å². The number of sulfonamides is 1. The van der Waals surface area contributed by atoms with Crippen LogP contribution in [0.3, 0.4) is 0 Å². The van der Waals surface area contributed by atoms with Crippen LogP contribution in [0.5, 0.6) is 0 Å². The van der Waals surface area contributed by atoms with Crippen molar-refractivity contribution < 1.29 is 17.6 Å². The van der Waals surface area contributed by atoms with Crippen LogP contribution in [-0.2, 0) is 14.8 Å². The highest BCUT2D eigenvalue weighted by Crippen LogP contribution is 2.22. The van der Waals surface area contributed by atoms with Crippen LogP contribution in [0.2, 0.25) is 0 Å². The van der Waals surface area contributed by atoms with Gasteiger partial charge >= 0.3 is 0 Å². The Labute approximate surface area is 184 Å². The number of hydrogen-bond donors (Lipinski definition) is 1. The van der Waals surface area contributed by atoms with Crippen molar-refractivity contribution in [1.29, 1.82) is 0 Å². The molecule has 1 fully saturated rings. The van der Waals surface area contributed by atoms with Gasteiger partial charge in [0.25, 0.3) is 0 Å². The SMILES string of the molecule is CC(C)[C@H](NC(=O)CN1CCCN(S(=O)(=O)c2ccc(F)cc2)CC1)c1ccccc1. The molecule has 1 aliphatic heterocycles. The largest absolute Gasteiger partial charge is 0.348 e. The van der Waals surface area contributed by atoms with Crippen LogP contribution in [0.15, 0.2) is 59.5 Å². The Hall–Kier alpha value is -2.29. The molecular formula is C23H30FN3O3S. The number of rotatable bonds is 7. The van der Waals surface area contributed by atoms with Gasteiger partial charge in [-0.15, -0.1) is 0 Å². The molecule has 3 rings (SSSR count). The predicted octanol–water partition coefficient (Wildman–Crippen LogP) is 3.04. The average molecular weight is 448 g/mol. The minimum absolute atomic E-state index is 0.0719. The quantitative estimate of drug-likeness (QED) is 0.708. The molecule has 0 radical (unpaired) electrons. The van der Waals surface area contributed by atoms with E-state index in [2.05, 4.69) is 19.2 Å². The molecule has 2 aromatic rings. The van der Waals surface area contributed by atoms with Gasteiger partial charge in [-0.3, -0.25) is 9.69 Å². The van der Waals surface area contributed by atoms with E-state index in [9.17, 15) is 17.6 Å². The summed E-state index contributed by atoms with van der Waals surface area (Å²) >= 11 is 0. The zero-order chi connectivity index (χ0) is 22.4. The summed E-state index contributed by atoms with van der Waals surface area (Å²) < 4.78 is 40.3. The van der Waals surface area contributed by atoms with Crippen molar-refractivity contribution in [1.82, 2.24) is 14.5 Å². The first-order chi connectivity index (χ1) is 14.8. The van der Waals surface area contributed by atoms with Crippen LogP contribution in [0.25, 0.3) is 0 Å². The fraction of sp³-hybridized carbons (Fsp3) is 0.435. The molecule has 1 aliphatic rings. The lowest BCUT2D eigenvalue weighted by atomic mass is 9.96. The Kier molecular flexibility index (Phi) is 7.80. The molecule has 0 bridgehead atoms. The molecule has 8 heteroatoms. The molecule has 0 aliphatic carbocycles. The number of benzene rings is 2. The second-order valence-electron chi connectivity index (χ2n) is 8.19. The van der Waals surface area contributed by atoms with E-state index < -0.39 is 15.8 Å². The van der Waals surface area contributed by atoms with Crippen molar-refractivity contribution in [3.05, 3.63) is 66.0 Å². The number of nitrogens with one attached hydrogen (secondary N) is 1. The van der Waals surface area contributed by atoms with E-state index in [1.54, 1.807) is 0 Å². The number of carbonyl (C=O) groups is 1. The van der Waals surface area contributed by atoms with Gasteiger partial charge in [0.05, 0.1) is 17.5 Å². The molecule has 1 N–H and O–H groups in total. The van der Waals surface area contributed by atoms with Gasteiger partial charge in [-0.2, -0.15) is 4.31 Å². The second kappa shape index (κ2) is 10.3. The van der Waals surface area contributed by atoms with Gasteiger partial charge < -0.3 is 5.32 Å². The fourth-order valence-electron chi connectivity index (χ4n) is 3.82. The third-order valence-corrected chi connectivity index (χ3v) is 7.42. The van der Waals surface area contributed by atoms with Crippen molar-refractivity contribution in [2.75, 3.05) is 32.7 Å². The van der Waals surface area contributed by atoms with Crippen molar-refractivity contribution in [3.8, 4) is 0 Å². The smallest absolute Gasteiger partial charge is 0.243 e. The predicted molar refractivity (Wildman–Crippen MR) is 118 cm³/mol. The number of hydrogen-bond acceptors (Lipinski definition) is 4. The second-order valence-corrected chi connectivity index (χ2v) is 10.1. The first-order valence-electron chi connectivity index (χ1n) is 10.6. The maximum Gasteiger partial charge on any atom is 0.243 e. The Morgan fingerprint density at radius 2 is 1.68 bits per heavy atom. The Morgan fingerprint density at radius 3 is 2.32 bits per heavy atom. The van der Waals surface area contributed by atoms with E-state index in [1.807, 2.05) is 35.2 Å². The van der Waals surface area contributed by atoms with Gasteiger partial charge in [0.15, 0.2) is 0 Å². The molecule has 1 atom stereocenters. The summed E-state index contributed by atoms with van der Waals surface area (Å²) in [4.78, 5) is 14.8. The van der Waals surface area contributed by atoms with Crippen LogP contribution in [0.1, 0.15) is 31.9 Å². The molecule has 168 valence electrons. The van der Waals surface area contributed by atoms with Gasteiger partial charge in [0.2, 0.25) is 15.9 Å². The van der Waals surface area contributed by atoms with E-state index in [1.165, 1.54) is 16.4 Å². The van der Waals surface area contributed by atoms with Crippen molar-refractivity contribution >= 4 is 15.9 Å². The van der Waals surface area contributed by atoms with Gasteiger partial charge in [0.1, 0.15) is 5.82 Å². The van der Waals surface area contributed by atoms with Crippen molar-refractivity contribution in [2.45, 2.75) is 31.2 Å². The third-order valence-electron chi connectivity index (χ3n) is 5.51. The first-order valence-corrected chi connectivity index (χ1v) is 12.0. The standard InChI is InChI=1S/C23H30FN3O3S/c1-18(2)23(19-7-4-3-5-8-19)25-22(28)17-26-13-6-14-27(16-15-26)31(29,30)21-11-9-20(24)10-12-21/h3-5,7-12,18,23H,6,13-17H2,1-2H3,(H,25,28)/t23-/m0/s1. The molecule has 1 saturated heterocycles. The zero-order valence-corrected chi connectivity index (χ0v) is 18.8.